The number of hydrogen-bond donors (Lipinski definition) is 2. The van der Waals surface area contributed by atoms with Crippen LogP contribution in [0.3, 0.4) is 0 Å². The topological polar surface area (TPSA) is 84.5 Å². The molecule has 2 aromatic rings. The van der Waals surface area contributed by atoms with Crippen molar-refractivity contribution in [2.24, 2.45) is 0 Å². The Bertz CT molecular complexity index is 737. The molecule has 6 nitrogen and oxygen atoms in total. The third-order valence-electron chi connectivity index (χ3n) is 3.34. The summed E-state index contributed by atoms with van der Waals surface area (Å²) < 4.78 is 4.59. The largest absolute Gasteiger partial charge is 0.465 e. The zero-order valence-electron chi connectivity index (χ0n) is 13.5. The third-order valence-corrected chi connectivity index (χ3v) is 3.34. The van der Waals surface area contributed by atoms with Crippen LogP contribution in [-0.2, 0) is 20.9 Å². The molecule has 2 rings (SSSR count). The molecule has 24 heavy (non-hydrogen) atoms. The number of hydrogen-bond acceptors (Lipinski definition) is 4. The number of esters is 1. The molecule has 0 atom stereocenters. The fraction of sp³-hybridized carbons (Fsp3) is 0.167. The average molecular weight is 326 g/mol. The van der Waals surface area contributed by atoms with Gasteiger partial charge in [0, 0.05) is 12.2 Å². The Labute approximate surface area is 139 Å². The number of benzene rings is 2. The first kappa shape index (κ1) is 17.2. The van der Waals surface area contributed by atoms with Crippen LogP contribution in [0.25, 0.3) is 0 Å². The van der Waals surface area contributed by atoms with Crippen LogP contribution in [0.4, 0.5) is 5.69 Å². The van der Waals surface area contributed by atoms with Gasteiger partial charge in [0.25, 0.3) is 0 Å². The first-order valence-corrected chi connectivity index (χ1v) is 7.32. The van der Waals surface area contributed by atoms with Gasteiger partial charge in [-0.05, 0) is 36.8 Å². The summed E-state index contributed by atoms with van der Waals surface area (Å²) in [5.41, 5.74) is 2.81. The van der Waals surface area contributed by atoms with Crippen molar-refractivity contribution in [2.75, 3.05) is 12.4 Å². The van der Waals surface area contributed by atoms with E-state index in [-0.39, 0.29) is 6.54 Å². The highest BCUT2D eigenvalue weighted by atomic mass is 16.5. The molecular formula is C18H18N2O4. The lowest BCUT2D eigenvalue weighted by Gasteiger charge is -2.07. The highest BCUT2D eigenvalue weighted by Gasteiger charge is 2.13. The molecule has 2 amide bonds. The van der Waals surface area contributed by atoms with Crippen molar-refractivity contribution >= 4 is 23.5 Å². The Morgan fingerprint density at radius 3 is 2.12 bits per heavy atom. The molecule has 0 heterocycles. The second kappa shape index (κ2) is 7.92. The minimum Gasteiger partial charge on any atom is -0.465 e. The fourth-order valence-corrected chi connectivity index (χ4v) is 1.96. The maximum absolute atomic E-state index is 11.8. The van der Waals surface area contributed by atoms with Crippen molar-refractivity contribution in [2.45, 2.75) is 13.5 Å². The first-order chi connectivity index (χ1) is 11.5. The van der Waals surface area contributed by atoms with Crippen molar-refractivity contribution in [3.05, 3.63) is 65.2 Å². The lowest BCUT2D eigenvalue weighted by Crippen LogP contribution is -2.34. The van der Waals surface area contributed by atoms with Crippen LogP contribution < -0.4 is 10.6 Å². The second-order valence-corrected chi connectivity index (χ2v) is 5.19. The van der Waals surface area contributed by atoms with Crippen LogP contribution >= 0.6 is 0 Å². The smallest absolute Gasteiger partial charge is 0.337 e. The third kappa shape index (κ3) is 4.67. The predicted molar refractivity (Wildman–Crippen MR) is 89.4 cm³/mol. The molecule has 0 saturated heterocycles. The number of methoxy groups -OCH3 is 1. The maximum Gasteiger partial charge on any atom is 0.337 e. The number of ether oxygens (including phenoxy) is 1. The molecule has 0 aromatic heterocycles. The van der Waals surface area contributed by atoms with E-state index < -0.39 is 17.8 Å². The van der Waals surface area contributed by atoms with Gasteiger partial charge in [0.1, 0.15) is 0 Å². The van der Waals surface area contributed by atoms with Gasteiger partial charge in [0.15, 0.2) is 0 Å². The molecule has 124 valence electrons. The Kier molecular flexibility index (Phi) is 5.68. The summed E-state index contributed by atoms with van der Waals surface area (Å²) in [6.07, 6.45) is 0. The molecule has 6 heteroatoms. The van der Waals surface area contributed by atoms with Crippen molar-refractivity contribution in [1.29, 1.82) is 0 Å². The minimum atomic E-state index is -0.770. The Hall–Kier alpha value is -3.15. The minimum absolute atomic E-state index is 0.272. The fourth-order valence-electron chi connectivity index (χ4n) is 1.96. The number of anilines is 1. The average Bonchev–Trinajstić information content (AvgIpc) is 2.60. The van der Waals surface area contributed by atoms with Gasteiger partial charge < -0.3 is 15.4 Å². The number of rotatable bonds is 4. The van der Waals surface area contributed by atoms with Gasteiger partial charge >= 0.3 is 17.8 Å². The molecule has 0 radical (unpaired) electrons. The van der Waals surface area contributed by atoms with Crippen molar-refractivity contribution in [1.82, 2.24) is 5.32 Å². The first-order valence-electron chi connectivity index (χ1n) is 7.32. The van der Waals surface area contributed by atoms with Crippen LogP contribution in [0, 0.1) is 6.92 Å². The standard InChI is InChI=1S/C18H18N2O4/c1-12-3-5-13(6-4-12)11-19-16(21)17(22)20-15-9-7-14(8-10-15)18(23)24-2/h3-10H,11H2,1-2H3,(H,19,21)(H,20,22). The van der Waals surface area contributed by atoms with Crippen LogP contribution in [0.2, 0.25) is 0 Å². The van der Waals surface area contributed by atoms with Crippen LogP contribution in [0.1, 0.15) is 21.5 Å². The number of aryl methyl sites for hydroxylation is 1. The monoisotopic (exact) mass is 326 g/mol. The number of amides is 2. The molecule has 0 aliphatic rings. The Balaban J connectivity index is 1.88. The summed E-state index contributed by atoms with van der Waals surface area (Å²) in [6, 6.07) is 13.7. The van der Waals surface area contributed by atoms with E-state index in [1.54, 1.807) is 0 Å². The zero-order valence-corrected chi connectivity index (χ0v) is 13.5. The summed E-state index contributed by atoms with van der Waals surface area (Å²) in [4.78, 5) is 35.0. The molecule has 0 spiro atoms. The van der Waals surface area contributed by atoms with Crippen molar-refractivity contribution in [3.63, 3.8) is 0 Å². The van der Waals surface area contributed by atoms with Crippen molar-refractivity contribution < 1.29 is 19.1 Å². The van der Waals surface area contributed by atoms with Gasteiger partial charge in [-0.3, -0.25) is 9.59 Å². The Morgan fingerprint density at radius 2 is 1.54 bits per heavy atom. The molecule has 2 aromatic carbocycles. The SMILES string of the molecule is COC(=O)c1ccc(NC(=O)C(=O)NCc2ccc(C)cc2)cc1. The number of carbonyl (C=O) groups is 3. The molecule has 0 unspecified atom stereocenters. The van der Waals surface area contributed by atoms with Crippen LogP contribution in [-0.4, -0.2) is 24.9 Å². The van der Waals surface area contributed by atoms with E-state index in [1.807, 2.05) is 31.2 Å². The Morgan fingerprint density at radius 1 is 0.917 bits per heavy atom. The highest BCUT2D eigenvalue weighted by molar-refractivity contribution is 6.39. The van der Waals surface area contributed by atoms with Gasteiger partial charge in [-0.15, -0.1) is 0 Å². The summed E-state index contributed by atoms with van der Waals surface area (Å²) in [7, 11) is 1.29. The van der Waals surface area contributed by atoms with Gasteiger partial charge in [-0.2, -0.15) is 0 Å². The molecule has 0 aliphatic carbocycles. The van der Waals surface area contributed by atoms with Gasteiger partial charge in [0.05, 0.1) is 12.7 Å². The summed E-state index contributed by atoms with van der Waals surface area (Å²) >= 11 is 0. The second-order valence-electron chi connectivity index (χ2n) is 5.19. The van der Waals surface area contributed by atoms with E-state index in [0.717, 1.165) is 11.1 Å². The summed E-state index contributed by atoms with van der Waals surface area (Å²) in [6.45, 7) is 2.25. The molecule has 0 bridgehead atoms. The lowest BCUT2D eigenvalue weighted by atomic mass is 10.1. The van der Waals surface area contributed by atoms with Crippen molar-refractivity contribution in [3.8, 4) is 0 Å². The molecule has 2 N–H and O–H groups in total. The van der Waals surface area contributed by atoms with Gasteiger partial charge in [0.2, 0.25) is 0 Å². The van der Waals surface area contributed by atoms with Crippen LogP contribution in [0.5, 0.6) is 0 Å². The van der Waals surface area contributed by atoms with E-state index in [2.05, 4.69) is 15.4 Å². The van der Waals surface area contributed by atoms with E-state index in [9.17, 15) is 14.4 Å². The van der Waals surface area contributed by atoms with E-state index in [4.69, 9.17) is 0 Å². The zero-order chi connectivity index (χ0) is 17.5. The molecule has 0 fully saturated rings. The number of nitrogens with one attached hydrogen (secondary N) is 2. The van der Waals surface area contributed by atoms with Crippen LogP contribution in [0.15, 0.2) is 48.5 Å². The lowest BCUT2D eigenvalue weighted by molar-refractivity contribution is -0.136. The van der Waals surface area contributed by atoms with E-state index >= 15 is 0 Å². The quantitative estimate of drug-likeness (QED) is 0.665. The predicted octanol–water partition coefficient (Wildman–Crippen LogP) is 2.04. The summed E-state index contributed by atoms with van der Waals surface area (Å²) in [5.74, 6) is -1.97. The number of carbonyl (C=O) groups excluding carboxylic acids is 3. The molecular weight excluding hydrogens is 308 g/mol. The maximum atomic E-state index is 11.8. The van der Waals surface area contributed by atoms with Gasteiger partial charge in [-0.1, -0.05) is 29.8 Å². The van der Waals surface area contributed by atoms with E-state index in [1.165, 1.54) is 31.4 Å². The summed E-state index contributed by atoms with van der Waals surface area (Å²) in [5, 5.41) is 5.02. The molecule has 0 aliphatic heterocycles. The molecule has 0 saturated carbocycles. The van der Waals surface area contributed by atoms with E-state index in [0.29, 0.717) is 11.3 Å². The highest BCUT2D eigenvalue weighted by Crippen LogP contribution is 2.10. The van der Waals surface area contributed by atoms with Gasteiger partial charge in [-0.25, -0.2) is 4.79 Å². The normalized spacial score (nSPS) is 9.92.